The molecule has 3 amide bonds. The van der Waals surface area contributed by atoms with E-state index in [9.17, 15) is 23.2 Å². The maximum absolute atomic E-state index is 13.5. The fourth-order valence-electron chi connectivity index (χ4n) is 5.07. The number of hydrogen-bond acceptors (Lipinski definition) is 6. The standard InChI is InChI=1S/C37H37F2N5O4S/c1-6-32(45)40-26-13-10-14-27(20-26)44-29-16-15-25(19-28(29)41-35(44)42-34(46)31-18-17-30(49-31)33(38)39)21-43(23(2)37(3,4)5)36(47)48-22-24-11-8-7-9-12-24/h6-20,23,33H,1,21-22H2,2-5H3,(H,40,45)(H,41,42,46)/t23-/m0/s1. The Balaban J connectivity index is 1.51. The van der Waals surface area contributed by atoms with Gasteiger partial charge in [-0.05, 0) is 72.0 Å². The number of benzene rings is 3. The molecule has 3 aromatic carbocycles. The summed E-state index contributed by atoms with van der Waals surface area (Å²) in [5.41, 5.74) is 3.57. The Morgan fingerprint density at radius 1 is 0.980 bits per heavy atom. The summed E-state index contributed by atoms with van der Waals surface area (Å²) in [6, 6.07) is 24.3. The van der Waals surface area contributed by atoms with Gasteiger partial charge in [-0.1, -0.05) is 69.8 Å². The van der Waals surface area contributed by atoms with Gasteiger partial charge in [-0.2, -0.15) is 0 Å². The molecule has 9 nitrogen and oxygen atoms in total. The van der Waals surface area contributed by atoms with Gasteiger partial charge in [0, 0.05) is 18.3 Å². The van der Waals surface area contributed by atoms with Gasteiger partial charge in [0.15, 0.2) is 0 Å². The van der Waals surface area contributed by atoms with E-state index in [2.05, 4.69) is 38.0 Å². The molecule has 0 unspecified atom stereocenters. The normalized spacial score (nSPS) is 12.1. The second-order valence-corrected chi connectivity index (χ2v) is 13.6. The first kappa shape index (κ1) is 35.0. The van der Waals surface area contributed by atoms with Crippen LogP contribution >= 0.6 is 11.3 Å². The number of carbonyl (C=O) groups is 3. The average molecular weight is 686 g/mol. The minimum absolute atomic E-state index is 0.0995. The fraction of sp³-hybridized carbons (Fsp3) is 0.243. The van der Waals surface area contributed by atoms with E-state index >= 15 is 0 Å². The minimum Gasteiger partial charge on any atom is -0.445 e. The highest BCUT2D eigenvalue weighted by Crippen LogP contribution is 2.32. The van der Waals surface area contributed by atoms with Crippen molar-refractivity contribution in [1.29, 1.82) is 0 Å². The van der Waals surface area contributed by atoms with Crippen LogP contribution in [0, 0.1) is 5.41 Å². The first-order valence-electron chi connectivity index (χ1n) is 15.6. The average Bonchev–Trinajstić information content (AvgIpc) is 3.71. The lowest BCUT2D eigenvalue weighted by atomic mass is 9.87. The maximum Gasteiger partial charge on any atom is 0.410 e. The molecule has 0 saturated carbocycles. The molecule has 49 heavy (non-hydrogen) atoms. The number of hydrogen-bond donors (Lipinski definition) is 2. The second kappa shape index (κ2) is 14.8. The molecule has 0 fully saturated rings. The number of halogens is 2. The number of amides is 3. The monoisotopic (exact) mass is 685 g/mol. The smallest absolute Gasteiger partial charge is 0.410 e. The van der Waals surface area contributed by atoms with E-state index in [1.165, 1.54) is 12.1 Å². The van der Waals surface area contributed by atoms with Crippen LogP contribution in [-0.2, 0) is 22.7 Å². The van der Waals surface area contributed by atoms with Gasteiger partial charge in [0.05, 0.1) is 26.5 Å². The molecule has 0 radical (unpaired) electrons. The minimum atomic E-state index is -2.70. The van der Waals surface area contributed by atoms with Crippen molar-refractivity contribution in [2.24, 2.45) is 5.41 Å². The van der Waals surface area contributed by atoms with E-state index < -0.39 is 24.3 Å². The Morgan fingerprint density at radius 2 is 1.73 bits per heavy atom. The zero-order valence-electron chi connectivity index (χ0n) is 27.6. The Bertz CT molecular complexity index is 1980. The number of imidazole rings is 1. The molecule has 0 spiro atoms. The van der Waals surface area contributed by atoms with Crippen LogP contribution in [0.4, 0.5) is 25.2 Å². The topological polar surface area (TPSA) is 106 Å². The largest absolute Gasteiger partial charge is 0.445 e. The number of anilines is 2. The Labute approximate surface area is 287 Å². The van der Waals surface area contributed by atoms with Gasteiger partial charge in [-0.15, -0.1) is 11.3 Å². The third-order valence-electron chi connectivity index (χ3n) is 8.08. The molecule has 2 aromatic heterocycles. The van der Waals surface area contributed by atoms with Crippen molar-refractivity contribution in [2.45, 2.75) is 53.3 Å². The van der Waals surface area contributed by atoms with Crippen LogP contribution < -0.4 is 10.6 Å². The molecule has 2 heterocycles. The third kappa shape index (κ3) is 8.39. The van der Waals surface area contributed by atoms with Crippen molar-refractivity contribution >= 4 is 51.9 Å². The lowest BCUT2D eigenvalue weighted by molar-refractivity contribution is -0.111. The Hall–Kier alpha value is -5.36. The highest BCUT2D eigenvalue weighted by atomic mass is 32.1. The van der Waals surface area contributed by atoms with Crippen molar-refractivity contribution in [3.05, 3.63) is 118 Å². The third-order valence-corrected chi connectivity index (χ3v) is 9.17. The van der Waals surface area contributed by atoms with Gasteiger partial charge >= 0.3 is 6.09 Å². The van der Waals surface area contributed by atoms with Crippen LogP contribution in [0.3, 0.4) is 0 Å². The van der Waals surface area contributed by atoms with E-state index in [4.69, 9.17) is 9.72 Å². The maximum atomic E-state index is 13.5. The predicted molar refractivity (Wildman–Crippen MR) is 188 cm³/mol. The fourth-order valence-corrected chi connectivity index (χ4v) is 5.83. The van der Waals surface area contributed by atoms with Crippen molar-refractivity contribution in [3.63, 3.8) is 0 Å². The number of nitrogens with one attached hydrogen (secondary N) is 2. The van der Waals surface area contributed by atoms with E-state index in [1.807, 2.05) is 55.5 Å². The van der Waals surface area contributed by atoms with Crippen LogP contribution in [0.25, 0.3) is 16.7 Å². The molecule has 1 atom stereocenters. The Morgan fingerprint density at radius 3 is 2.41 bits per heavy atom. The summed E-state index contributed by atoms with van der Waals surface area (Å²) in [7, 11) is 0. The molecule has 2 N–H and O–H groups in total. The number of thiophene rings is 1. The summed E-state index contributed by atoms with van der Waals surface area (Å²) in [6.07, 6.45) is -2.00. The summed E-state index contributed by atoms with van der Waals surface area (Å²) in [6.45, 7) is 12.0. The summed E-state index contributed by atoms with van der Waals surface area (Å²) < 4.78 is 33.9. The number of nitrogens with zero attached hydrogens (tertiary/aromatic N) is 3. The van der Waals surface area contributed by atoms with Crippen molar-refractivity contribution in [2.75, 3.05) is 10.6 Å². The molecular weight excluding hydrogens is 649 g/mol. The first-order chi connectivity index (χ1) is 23.3. The first-order valence-corrected chi connectivity index (χ1v) is 16.4. The van der Waals surface area contributed by atoms with Crippen LogP contribution in [0.2, 0.25) is 0 Å². The molecule has 12 heteroatoms. The van der Waals surface area contributed by atoms with Crippen LogP contribution in [0.5, 0.6) is 0 Å². The number of ether oxygens (including phenoxy) is 1. The van der Waals surface area contributed by atoms with Crippen LogP contribution in [-0.4, -0.2) is 38.4 Å². The molecule has 0 aliphatic carbocycles. The van der Waals surface area contributed by atoms with E-state index in [1.54, 1.807) is 33.7 Å². The van der Waals surface area contributed by atoms with Crippen LogP contribution in [0.15, 0.2) is 97.6 Å². The molecule has 0 bridgehead atoms. The molecular formula is C37H37F2N5O4S. The van der Waals surface area contributed by atoms with E-state index in [0.717, 1.165) is 17.2 Å². The molecule has 5 rings (SSSR count). The molecule has 0 aliphatic heterocycles. The summed E-state index contributed by atoms with van der Waals surface area (Å²) in [5, 5.41) is 5.51. The molecule has 254 valence electrons. The highest BCUT2D eigenvalue weighted by Gasteiger charge is 2.31. The zero-order valence-corrected chi connectivity index (χ0v) is 28.4. The summed E-state index contributed by atoms with van der Waals surface area (Å²) >= 11 is 0.702. The van der Waals surface area contributed by atoms with E-state index in [0.29, 0.717) is 33.7 Å². The van der Waals surface area contributed by atoms with Gasteiger partial charge in [-0.3, -0.25) is 19.5 Å². The Kier molecular flexibility index (Phi) is 10.6. The zero-order chi connectivity index (χ0) is 35.3. The van der Waals surface area contributed by atoms with Crippen molar-refractivity contribution in [3.8, 4) is 5.69 Å². The van der Waals surface area contributed by atoms with Gasteiger partial charge < -0.3 is 15.0 Å². The number of alkyl halides is 2. The lowest BCUT2D eigenvalue weighted by Crippen LogP contribution is -2.45. The quantitative estimate of drug-likeness (QED) is 0.135. The van der Waals surface area contributed by atoms with Gasteiger partial charge in [0.2, 0.25) is 11.9 Å². The second-order valence-electron chi connectivity index (χ2n) is 12.5. The van der Waals surface area contributed by atoms with Gasteiger partial charge in [0.25, 0.3) is 12.3 Å². The molecule has 0 aliphatic rings. The number of aromatic nitrogens is 2. The lowest BCUT2D eigenvalue weighted by Gasteiger charge is -2.37. The van der Waals surface area contributed by atoms with Gasteiger partial charge in [0.1, 0.15) is 6.61 Å². The predicted octanol–water partition coefficient (Wildman–Crippen LogP) is 8.97. The molecule has 0 saturated heterocycles. The highest BCUT2D eigenvalue weighted by molar-refractivity contribution is 7.14. The number of carbonyl (C=O) groups excluding carboxylic acids is 3. The molecule has 5 aromatic rings. The summed E-state index contributed by atoms with van der Waals surface area (Å²) in [5.74, 6) is -0.857. The summed E-state index contributed by atoms with van der Waals surface area (Å²) in [4.78, 5) is 45.1. The van der Waals surface area contributed by atoms with Crippen molar-refractivity contribution in [1.82, 2.24) is 14.5 Å². The number of fused-ring (bicyclic) bond motifs is 1. The van der Waals surface area contributed by atoms with E-state index in [-0.39, 0.29) is 40.3 Å². The SMILES string of the molecule is C=CC(=O)Nc1cccc(-n2c(NC(=O)c3ccc(C(F)F)s3)nc3cc(CN(C(=O)OCc4ccccc4)[C@@H](C)C(C)(C)C)ccc32)c1. The van der Waals surface area contributed by atoms with Crippen LogP contribution in [0.1, 0.15) is 59.8 Å². The number of rotatable bonds is 11. The van der Waals surface area contributed by atoms with Crippen molar-refractivity contribution < 1.29 is 27.9 Å². The van der Waals surface area contributed by atoms with Gasteiger partial charge in [-0.25, -0.2) is 18.6 Å².